The average molecular weight is 483 g/mol. The minimum Gasteiger partial charge on any atom is -0.455 e. The zero-order valence-corrected chi connectivity index (χ0v) is 19.9. The number of hydrogen-bond acceptors (Lipinski definition) is 6. The number of carbonyl (C=O) groups excluding carboxylic acids is 2. The molecule has 0 bridgehead atoms. The lowest BCUT2D eigenvalue weighted by Crippen LogP contribution is -2.31. The third kappa shape index (κ3) is 6.87. The lowest BCUT2D eigenvalue weighted by molar-refractivity contribution is -0.146. The van der Waals surface area contributed by atoms with Gasteiger partial charge in [0.15, 0.2) is 6.61 Å². The normalized spacial score (nSPS) is 11.5. The third-order valence-electron chi connectivity index (χ3n) is 4.86. The molecule has 2 N–H and O–H groups in total. The molecule has 0 spiro atoms. The van der Waals surface area contributed by atoms with Crippen molar-refractivity contribution in [3.63, 3.8) is 0 Å². The van der Waals surface area contributed by atoms with Gasteiger partial charge in [0.2, 0.25) is 10.0 Å². The number of rotatable bonds is 9. The summed E-state index contributed by atoms with van der Waals surface area (Å²) < 4.78 is 32.8. The average Bonchev–Trinajstić information content (AvgIpc) is 3.10. The molecule has 9 nitrogen and oxygen atoms in total. The lowest BCUT2D eigenvalue weighted by Gasteiger charge is -2.08. The quantitative estimate of drug-likeness (QED) is 0.453. The fourth-order valence-electron chi connectivity index (χ4n) is 3.07. The highest BCUT2D eigenvalue weighted by Crippen LogP contribution is 2.22. The predicted octanol–water partition coefficient (Wildman–Crippen LogP) is 2.87. The summed E-state index contributed by atoms with van der Waals surface area (Å²) in [6.45, 7) is 4.34. The highest BCUT2D eigenvalue weighted by Gasteiger charge is 2.17. The van der Waals surface area contributed by atoms with Crippen molar-refractivity contribution in [1.29, 1.82) is 0 Å². The van der Waals surface area contributed by atoms with Gasteiger partial charge in [0.05, 0.1) is 22.8 Å². The Balaban J connectivity index is 1.49. The van der Waals surface area contributed by atoms with Gasteiger partial charge in [0.25, 0.3) is 5.91 Å². The number of esters is 1. The van der Waals surface area contributed by atoms with Crippen molar-refractivity contribution in [2.75, 3.05) is 18.5 Å². The van der Waals surface area contributed by atoms with Crippen LogP contribution in [0.1, 0.15) is 22.5 Å². The first-order chi connectivity index (χ1) is 16.1. The van der Waals surface area contributed by atoms with E-state index in [2.05, 4.69) is 15.1 Å². The van der Waals surface area contributed by atoms with Crippen LogP contribution in [-0.4, -0.2) is 43.2 Å². The molecular weight excluding hydrogens is 456 g/mol. The Kier molecular flexibility index (Phi) is 7.98. The molecule has 1 aromatic heterocycles. The van der Waals surface area contributed by atoms with E-state index in [1.165, 1.54) is 6.08 Å². The van der Waals surface area contributed by atoms with Crippen LogP contribution >= 0.6 is 0 Å². The first-order valence-corrected chi connectivity index (χ1v) is 12.0. The standard InChI is InChI=1S/C24H26N4O5S/c1-17-9-11-20(12-10-17)13-14-34(31,32)25-15-23(30)33-16-22(29)26-24-18(2)27-28(19(24)3)21-7-5-4-6-8-21/h4-14,25H,15-16H2,1-3H3,(H,26,29)/b14-13+. The fraction of sp³-hybridized carbons (Fsp3) is 0.208. The van der Waals surface area contributed by atoms with E-state index in [-0.39, 0.29) is 0 Å². The Hall–Kier alpha value is -3.76. The summed E-state index contributed by atoms with van der Waals surface area (Å²) in [6, 6.07) is 16.7. The smallest absolute Gasteiger partial charge is 0.321 e. The van der Waals surface area contributed by atoms with Crippen molar-refractivity contribution < 1.29 is 22.7 Å². The predicted molar refractivity (Wildman–Crippen MR) is 130 cm³/mol. The van der Waals surface area contributed by atoms with Gasteiger partial charge in [-0.3, -0.25) is 9.59 Å². The molecule has 178 valence electrons. The zero-order chi connectivity index (χ0) is 24.7. The summed E-state index contributed by atoms with van der Waals surface area (Å²) in [5.41, 5.74) is 4.45. The van der Waals surface area contributed by atoms with Gasteiger partial charge in [0.1, 0.15) is 6.54 Å². The highest BCUT2D eigenvalue weighted by atomic mass is 32.2. The zero-order valence-electron chi connectivity index (χ0n) is 19.1. The Morgan fingerprint density at radius 2 is 1.71 bits per heavy atom. The Morgan fingerprint density at radius 1 is 1.03 bits per heavy atom. The summed E-state index contributed by atoms with van der Waals surface area (Å²) >= 11 is 0. The topological polar surface area (TPSA) is 119 Å². The molecule has 1 amide bonds. The van der Waals surface area contributed by atoms with E-state index in [1.807, 2.05) is 56.3 Å². The van der Waals surface area contributed by atoms with Gasteiger partial charge in [-0.1, -0.05) is 48.0 Å². The number of anilines is 1. The molecule has 0 atom stereocenters. The lowest BCUT2D eigenvalue weighted by atomic mass is 10.2. The number of amides is 1. The summed E-state index contributed by atoms with van der Waals surface area (Å²) in [5.74, 6) is -1.44. The van der Waals surface area contributed by atoms with Crippen molar-refractivity contribution in [2.24, 2.45) is 0 Å². The fourth-order valence-corrected chi connectivity index (χ4v) is 3.82. The number of hydrogen-bond donors (Lipinski definition) is 2. The monoisotopic (exact) mass is 482 g/mol. The van der Waals surface area contributed by atoms with Crippen LogP contribution in [0.25, 0.3) is 11.8 Å². The molecule has 34 heavy (non-hydrogen) atoms. The second-order valence-corrected chi connectivity index (χ2v) is 9.23. The van der Waals surface area contributed by atoms with Crippen molar-refractivity contribution >= 4 is 33.7 Å². The third-order valence-corrected chi connectivity index (χ3v) is 5.90. The summed E-state index contributed by atoms with van der Waals surface area (Å²) in [6.07, 6.45) is 1.42. The Labute approximate surface area is 198 Å². The van der Waals surface area contributed by atoms with Crippen LogP contribution in [0.4, 0.5) is 5.69 Å². The molecule has 0 saturated heterocycles. The molecule has 3 rings (SSSR count). The van der Waals surface area contributed by atoms with Crippen LogP contribution in [0, 0.1) is 20.8 Å². The van der Waals surface area contributed by atoms with Gasteiger partial charge >= 0.3 is 5.97 Å². The van der Waals surface area contributed by atoms with E-state index in [4.69, 9.17) is 4.74 Å². The number of nitrogens with one attached hydrogen (secondary N) is 2. The van der Waals surface area contributed by atoms with Crippen molar-refractivity contribution in [2.45, 2.75) is 20.8 Å². The molecule has 3 aromatic rings. The number of benzene rings is 2. The molecule has 10 heteroatoms. The van der Waals surface area contributed by atoms with Crippen LogP contribution in [0.2, 0.25) is 0 Å². The van der Waals surface area contributed by atoms with Gasteiger partial charge in [-0.05, 0) is 44.5 Å². The number of para-hydroxylation sites is 1. The SMILES string of the molecule is Cc1ccc(/C=C/S(=O)(=O)NCC(=O)OCC(=O)Nc2c(C)nn(-c3ccccc3)c2C)cc1. The molecule has 0 fully saturated rings. The van der Waals surface area contributed by atoms with E-state index >= 15 is 0 Å². The molecule has 1 heterocycles. The van der Waals surface area contributed by atoms with E-state index in [0.717, 1.165) is 22.4 Å². The highest BCUT2D eigenvalue weighted by molar-refractivity contribution is 7.92. The second kappa shape index (κ2) is 10.9. The molecule has 0 aliphatic carbocycles. The number of aromatic nitrogens is 2. The van der Waals surface area contributed by atoms with Crippen LogP contribution in [0.5, 0.6) is 0 Å². The van der Waals surface area contributed by atoms with E-state index in [9.17, 15) is 18.0 Å². The van der Waals surface area contributed by atoms with Gasteiger partial charge in [0, 0.05) is 5.41 Å². The minimum absolute atomic E-state index is 0.520. The number of aryl methyl sites for hydroxylation is 2. The summed E-state index contributed by atoms with van der Waals surface area (Å²) in [4.78, 5) is 24.2. The van der Waals surface area contributed by atoms with Crippen LogP contribution in [0.3, 0.4) is 0 Å². The van der Waals surface area contributed by atoms with E-state index < -0.39 is 35.1 Å². The van der Waals surface area contributed by atoms with E-state index in [1.54, 1.807) is 23.7 Å². The van der Waals surface area contributed by atoms with Crippen LogP contribution in [-0.2, 0) is 24.3 Å². The number of nitrogens with zero attached hydrogens (tertiary/aromatic N) is 2. The number of sulfonamides is 1. The molecule has 0 unspecified atom stereocenters. The maximum atomic E-state index is 12.3. The maximum absolute atomic E-state index is 12.3. The van der Waals surface area contributed by atoms with Crippen LogP contribution in [0.15, 0.2) is 60.0 Å². The van der Waals surface area contributed by atoms with Crippen molar-refractivity contribution in [3.8, 4) is 5.69 Å². The molecule has 0 radical (unpaired) electrons. The summed E-state index contributed by atoms with van der Waals surface area (Å²) in [5, 5.41) is 8.10. The Bertz CT molecular complexity index is 1300. The van der Waals surface area contributed by atoms with Gasteiger partial charge in [-0.2, -0.15) is 5.10 Å². The minimum atomic E-state index is -3.85. The number of carbonyl (C=O) groups is 2. The first-order valence-electron chi connectivity index (χ1n) is 10.5. The molecule has 2 aromatic carbocycles. The molecular formula is C24H26N4O5S. The first kappa shape index (κ1) is 24.9. The molecule has 0 aliphatic heterocycles. The van der Waals surface area contributed by atoms with Crippen molar-refractivity contribution in [3.05, 3.63) is 82.5 Å². The van der Waals surface area contributed by atoms with Gasteiger partial charge in [-0.25, -0.2) is 17.8 Å². The van der Waals surface area contributed by atoms with Crippen molar-refractivity contribution in [1.82, 2.24) is 14.5 Å². The van der Waals surface area contributed by atoms with Crippen LogP contribution < -0.4 is 10.0 Å². The number of ether oxygens (including phenoxy) is 1. The maximum Gasteiger partial charge on any atom is 0.321 e. The molecule has 0 saturated carbocycles. The second-order valence-electron chi connectivity index (χ2n) is 7.58. The largest absolute Gasteiger partial charge is 0.455 e. The molecule has 0 aliphatic rings. The van der Waals surface area contributed by atoms with E-state index in [0.29, 0.717) is 16.9 Å². The summed E-state index contributed by atoms with van der Waals surface area (Å²) in [7, 11) is -3.85. The Morgan fingerprint density at radius 3 is 2.38 bits per heavy atom. The van der Waals surface area contributed by atoms with Gasteiger partial charge < -0.3 is 10.1 Å². The van der Waals surface area contributed by atoms with Gasteiger partial charge in [-0.15, -0.1) is 0 Å².